The van der Waals surface area contributed by atoms with Crippen LogP contribution in [0.4, 0.5) is 11.9 Å². The number of ether oxygens (including phenoxy) is 2. The van der Waals surface area contributed by atoms with E-state index >= 15 is 0 Å². The van der Waals surface area contributed by atoms with Gasteiger partial charge in [-0.3, -0.25) is 4.79 Å². The molecule has 0 radical (unpaired) electrons. The topological polar surface area (TPSA) is 104 Å². The number of fused-ring (bicyclic) bond motifs is 1. The molecule has 2 aliphatic rings. The summed E-state index contributed by atoms with van der Waals surface area (Å²) in [6.45, 7) is 0. The van der Waals surface area contributed by atoms with E-state index in [2.05, 4.69) is 15.4 Å². The Morgan fingerprint density at radius 2 is 1.78 bits per heavy atom. The summed E-state index contributed by atoms with van der Waals surface area (Å²) in [5.41, 5.74) is 9.32. The maximum atomic E-state index is 13.5. The Morgan fingerprint density at radius 3 is 2.50 bits per heavy atom. The lowest BCUT2D eigenvalue weighted by molar-refractivity contribution is -0.116. The second kappa shape index (κ2) is 7.87. The molecule has 3 aromatic rings. The number of nitrogens with zero attached hydrogens (tertiary/aromatic N) is 3. The molecule has 0 saturated carbocycles. The Balaban J connectivity index is 1.57. The van der Waals surface area contributed by atoms with Gasteiger partial charge in [-0.2, -0.15) is 4.98 Å². The Kier molecular flexibility index (Phi) is 5.01. The zero-order chi connectivity index (χ0) is 22.4. The van der Waals surface area contributed by atoms with Crippen molar-refractivity contribution in [1.29, 1.82) is 0 Å². The molecule has 2 heterocycles. The first-order valence-electron chi connectivity index (χ1n) is 10.2. The number of aromatic nitrogens is 3. The molecule has 2 unspecified atom stereocenters. The molecule has 8 nitrogen and oxygen atoms in total. The normalized spacial score (nSPS) is 19.8. The highest BCUT2D eigenvalue weighted by Crippen LogP contribution is 2.45. The number of ketones is 1. The van der Waals surface area contributed by atoms with E-state index in [1.54, 1.807) is 31.0 Å². The number of halogens is 1. The molecule has 1 aliphatic heterocycles. The molecule has 5 rings (SSSR count). The predicted octanol–water partition coefficient (Wildman–Crippen LogP) is 3.95. The maximum Gasteiger partial charge on any atom is 0.241 e. The molecule has 2 atom stereocenters. The van der Waals surface area contributed by atoms with Gasteiger partial charge in [-0.05, 0) is 47.7 Å². The summed E-state index contributed by atoms with van der Waals surface area (Å²) in [6.07, 6.45) is 1.02. The van der Waals surface area contributed by atoms with Crippen molar-refractivity contribution in [3.8, 4) is 11.5 Å². The molecule has 1 aromatic heterocycles. The molecule has 0 fully saturated rings. The predicted molar refractivity (Wildman–Crippen MR) is 121 cm³/mol. The standard InChI is InChI=1S/C23H22ClN5O3/c1-31-18-8-5-13(11-19(18)32-2)14-9-16-20(17(30)10-14)21(12-3-6-15(24)7-4-12)29-23(26-16)27-22(25)28-29/h3-8,11,14,21H,9-10H2,1-2H3,(H3,25,26,27,28). The Hall–Kier alpha value is -3.52. The van der Waals surface area contributed by atoms with E-state index in [4.69, 9.17) is 26.8 Å². The van der Waals surface area contributed by atoms with Gasteiger partial charge in [-0.25, -0.2) is 4.68 Å². The van der Waals surface area contributed by atoms with E-state index in [9.17, 15) is 4.79 Å². The second-order valence-corrected chi connectivity index (χ2v) is 8.29. The number of hydrogen-bond donors (Lipinski definition) is 2. The van der Waals surface area contributed by atoms with Crippen molar-refractivity contribution in [3.63, 3.8) is 0 Å². The van der Waals surface area contributed by atoms with Crippen LogP contribution < -0.4 is 20.5 Å². The van der Waals surface area contributed by atoms with Crippen LogP contribution in [0.25, 0.3) is 0 Å². The number of nitrogens with one attached hydrogen (secondary N) is 1. The van der Waals surface area contributed by atoms with Crippen LogP contribution in [0.5, 0.6) is 11.5 Å². The molecular formula is C23H22ClN5O3. The maximum absolute atomic E-state index is 13.5. The van der Waals surface area contributed by atoms with Crippen LogP contribution in [-0.4, -0.2) is 34.8 Å². The number of hydrogen-bond acceptors (Lipinski definition) is 7. The van der Waals surface area contributed by atoms with Crippen LogP contribution in [0.2, 0.25) is 5.02 Å². The third-order valence-corrected chi connectivity index (χ3v) is 6.25. The quantitative estimate of drug-likeness (QED) is 0.618. The molecule has 0 bridgehead atoms. The summed E-state index contributed by atoms with van der Waals surface area (Å²) in [5, 5.41) is 8.27. The molecular weight excluding hydrogens is 430 g/mol. The van der Waals surface area contributed by atoms with Gasteiger partial charge in [0.1, 0.15) is 6.04 Å². The average Bonchev–Trinajstić information content (AvgIpc) is 3.17. The van der Waals surface area contributed by atoms with E-state index in [1.165, 1.54) is 0 Å². The van der Waals surface area contributed by atoms with Crippen molar-refractivity contribution in [1.82, 2.24) is 14.8 Å². The molecule has 32 heavy (non-hydrogen) atoms. The van der Waals surface area contributed by atoms with Crippen molar-refractivity contribution >= 4 is 29.3 Å². The zero-order valence-corrected chi connectivity index (χ0v) is 18.4. The lowest BCUT2D eigenvalue weighted by atomic mass is 9.78. The number of nitrogen functional groups attached to an aromatic ring is 1. The minimum Gasteiger partial charge on any atom is -0.493 e. The van der Waals surface area contributed by atoms with Gasteiger partial charge in [0.2, 0.25) is 11.9 Å². The third kappa shape index (κ3) is 3.36. The smallest absolute Gasteiger partial charge is 0.241 e. The number of Topliss-reactive ketones (excluding diaryl/α,β-unsaturated/α-hetero) is 1. The minimum absolute atomic E-state index is 0.00811. The largest absolute Gasteiger partial charge is 0.493 e. The number of rotatable bonds is 4. The van der Waals surface area contributed by atoms with Crippen molar-refractivity contribution < 1.29 is 14.3 Å². The summed E-state index contributed by atoms with van der Waals surface area (Å²) >= 11 is 6.09. The van der Waals surface area contributed by atoms with Gasteiger partial charge < -0.3 is 20.5 Å². The van der Waals surface area contributed by atoms with Crippen LogP contribution in [-0.2, 0) is 4.79 Å². The van der Waals surface area contributed by atoms with Crippen LogP contribution in [0, 0.1) is 0 Å². The SMILES string of the molecule is COc1ccc(C2CC(=O)C3=C(C2)Nc2nc(N)nn2C3c2ccc(Cl)cc2)cc1OC. The summed E-state index contributed by atoms with van der Waals surface area (Å²) in [6, 6.07) is 12.8. The first-order valence-corrected chi connectivity index (χ1v) is 10.6. The fourth-order valence-electron chi connectivity index (χ4n) is 4.52. The van der Waals surface area contributed by atoms with Crippen molar-refractivity contribution in [3.05, 3.63) is 69.9 Å². The zero-order valence-electron chi connectivity index (χ0n) is 17.6. The lowest BCUT2D eigenvalue weighted by Gasteiger charge is -2.35. The Bertz CT molecular complexity index is 1230. The van der Waals surface area contributed by atoms with E-state index in [0.717, 1.165) is 16.8 Å². The van der Waals surface area contributed by atoms with Crippen molar-refractivity contribution in [2.75, 3.05) is 25.3 Å². The third-order valence-electron chi connectivity index (χ3n) is 6.00. The van der Waals surface area contributed by atoms with Crippen LogP contribution in [0.1, 0.15) is 35.9 Å². The summed E-state index contributed by atoms with van der Waals surface area (Å²) in [4.78, 5) is 17.8. The molecule has 1 aliphatic carbocycles. The van der Waals surface area contributed by atoms with Gasteiger partial charge >= 0.3 is 0 Å². The minimum atomic E-state index is -0.415. The second-order valence-electron chi connectivity index (χ2n) is 7.85. The fraction of sp³-hybridized carbons (Fsp3) is 0.261. The highest BCUT2D eigenvalue weighted by atomic mass is 35.5. The van der Waals surface area contributed by atoms with Gasteiger partial charge in [-0.15, -0.1) is 5.10 Å². The van der Waals surface area contributed by atoms with Crippen LogP contribution in [0.3, 0.4) is 0 Å². The van der Waals surface area contributed by atoms with E-state index in [-0.39, 0.29) is 17.6 Å². The summed E-state index contributed by atoms with van der Waals surface area (Å²) in [7, 11) is 3.20. The molecule has 0 saturated heterocycles. The van der Waals surface area contributed by atoms with Gasteiger partial charge in [0.25, 0.3) is 0 Å². The first kappa shape index (κ1) is 20.4. The highest BCUT2D eigenvalue weighted by molar-refractivity contribution is 6.30. The molecule has 0 amide bonds. The number of carbonyl (C=O) groups is 1. The number of benzene rings is 2. The lowest BCUT2D eigenvalue weighted by Crippen LogP contribution is -2.33. The number of methoxy groups -OCH3 is 2. The van der Waals surface area contributed by atoms with Gasteiger partial charge in [0.15, 0.2) is 17.3 Å². The number of nitrogens with two attached hydrogens (primary N) is 1. The molecule has 9 heteroatoms. The van der Waals surface area contributed by atoms with Crippen molar-refractivity contribution in [2.24, 2.45) is 0 Å². The average molecular weight is 452 g/mol. The number of allylic oxidation sites excluding steroid dienone is 2. The number of carbonyl (C=O) groups excluding carboxylic acids is 1. The van der Waals surface area contributed by atoms with E-state index < -0.39 is 6.04 Å². The summed E-state index contributed by atoms with van der Waals surface area (Å²) < 4.78 is 12.5. The monoisotopic (exact) mass is 451 g/mol. The van der Waals surface area contributed by atoms with Gasteiger partial charge in [0.05, 0.1) is 14.2 Å². The van der Waals surface area contributed by atoms with E-state index in [1.807, 2.05) is 30.3 Å². The Morgan fingerprint density at radius 1 is 1.06 bits per heavy atom. The molecule has 0 spiro atoms. The van der Waals surface area contributed by atoms with Crippen LogP contribution in [0.15, 0.2) is 53.7 Å². The summed E-state index contributed by atoms with van der Waals surface area (Å²) in [5.74, 6) is 2.00. The molecule has 3 N–H and O–H groups in total. The highest BCUT2D eigenvalue weighted by Gasteiger charge is 2.39. The molecule has 2 aromatic carbocycles. The van der Waals surface area contributed by atoms with Crippen LogP contribution >= 0.6 is 11.6 Å². The van der Waals surface area contributed by atoms with Gasteiger partial charge in [0, 0.05) is 22.7 Å². The molecule has 164 valence electrons. The fourth-order valence-corrected chi connectivity index (χ4v) is 4.65. The van der Waals surface area contributed by atoms with E-state index in [0.29, 0.717) is 40.9 Å². The van der Waals surface area contributed by atoms with Gasteiger partial charge in [-0.1, -0.05) is 29.8 Å². The number of anilines is 2. The first-order chi connectivity index (χ1) is 15.5. The Labute approximate surface area is 190 Å². The van der Waals surface area contributed by atoms with Crippen molar-refractivity contribution in [2.45, 2.75) is 24.8 Å².